The van der Waals surface area contributed by atoms with Crippen LogP contribution in [0.5, 0.6) is 5.75 Å². The van der Waals surface area contributed by atoms with Crippen LogP contribution < -0.4 is 5.43 Å². The number of nitrogens with one attached hydrogen (secondary N) is 1. The average Bonchev–Trinajstić information content (AvgIpc) is 2.69. The van der Waals surface area contributed by atoms with Crippen molar-refractivity contribution >= 4 is 39.4 Å². The first kappa shape index (κ1) is 18.4. The summed E-state index contributed by atoms with van der Waals surface area (Å²) in [7, 11) is 0. The maximum absolute atomic E-state index is 11.9. The van der Waals surface area contributed by atoms with Crippen molar-refractivity contribution < 1.29 is 9.90 Å². The predicted octanol–water partition coefficient (Wildman–Crippen LogP) is 4.73. The smallest absolute Gasteiger partial charge is 0.271 e. The zero-order chi connectivity index (χ0) is 19.1. The second kappa shape index (κ2) is 8.81. The van der Waals surface area contributed by atoms with E-state index in [9.17, 15) is 9.90 Å². The Morgan fingerprint density at radius 2 is 1.78 bits per heavy atom. The fourth-order valence-corrected chi connectivity index (χ4v) is 2.48. The number of pyridine rings is 1. The highest BCUT2D eigenvalue weighted by Gasteiger charge is 2.04. The molecule has 27 heavy (non-hydrogen) atoms. The van der Waals surface area contributed by atoms with Gasteiger partial charge in [0.05, 0.1) is 17.6 Å². The fraction of sp³-hybridized carbons (Fsp3) is 0. The number of halogens is 1. The number of hydrogen-bond acceptors (Lipinski definition) is 6. The largest absolute Gasteiger partial charge is 0.507 e. The minimum absolute atomic E-state index is 0.0123. The number of phenols is 1. The number of aromatic nitrogens is 1. The normalized spacial score (nSPS) is 11.1. The molecule has 0 fully saturated rings. The van der Waals surface area contributed by atoms with Gasteiger partial charge in [-0.25, -0.2) is 5.43 Å². The van der Waals surface area contributed by atoms with Crippen LogP contribution in [0.2, 0.25) is 0 Å². The number of hydrogen-bond donors (Lipinski definition) is 2. The van der Waals surface area contributed by atoms with Crippen LogP contribution in [0.4, 0.5) is 11.4 Å². The first-order valence-electron chi connectivity index (χ1n) is 7.85. The summed E-state index contributed by atoms with van der Waals surface area (Å²) >= 11 is 3.38. The van der Waals surface area contributed by atoms with Gasteiger partial charge in [0.2, 0.25) is 0 Å². The quantitative estimate of drug-likeness (QED) is 0.352. The Balaban J connectivity index is 1.70. The minimum Gasteiger partial charge on any atom is -0.507 e. The van der Waals surface area contributed by atoms with Gasteiger partial charge in [-0.1, -0.05) is 22.0 Å². The monoisotopic (exact) mass is 423 g/mol. The summed E-state index contributed by atoms with van der Waals surface area (Å²) in [5.74, 6) is -0.364. The maximum atomic E-state index is 11.9. The fourth-order valence-electron chi connectivity index (χ4n) is 2.09. The molecule has 0 unspecified atom stereocenters. The number of amides is 1. The van der Waals surface area contributed by atoms with Crippen LogP contribution >= 0.6 is 15.9 Å². The van der Waals surface area contributed by atoms with Crippen molar-refractivity contribution in [1.82, 2.24) is 10.4 Å². The molecule has 1 heterocycles. The summed E-state index contributed by atoms with van der Waals surface area (Å²) in [6.45, 7) is 0. The molecule has 0 spiro atoms. The van der Waals surface area contributed by atoms with E-state index in [0.717, 1.165) is 4.47 Å². The number of phenolic OH excluding ortho intramolecular Hbond substituents is 1. The number of aromatic hydroxyl groups is 1. The van der Waals surface area contributed by atoms with Crippen molar-refractivity contribution in [1.29, 1.82) is 0 Å². The summed E-state index contributed by atoms with van der Waals surface area (Å²) in [4.78, 5) is 15.8. The standard InChI is InChI=1S/C19H14BrN5O2/c20-15-2-1-3-16(11-15)23-24-17-4-5-18(26)14(10-17)12-22-25-19(27)13-6-8-21-9-7-13/h1-12,26H,(H,25,27)/b22-12-,24-23?. The van der Waals surface area contributed by atoms with Gasteiger partial charge in [-0.15, -0.1) is 0 Å². The lowest BCUT2D eigenvalue weighted by molar-refractivity contribution is 0.0955. The van der Waals surface area contributed by atoms with Gasteiger partial charge in [-0.2, -0.15) is 15.3 Å². The first-order chi connectivity index (χ1) is 13.1. The zero-order valence-electron chi connectivity index (χ0n) is 14.0. The minimum atomic E-state index is -0.376. The van der Waals surface area contributed by atoms with Crippen LogP contribution in [0.25, 0.3) is 0 Å². The molecule has 8 heteroatoms. The lowest BCUT2D eigenvalue weighted by atomic mass is 10.2. The molecule has 3 rings (SSSR count). The van der Waals surface area contributed by atoms with E-state index < -0.39 is 0 Å². The van der Waals surface area contributed by atoms with Crippen LogP contribution in [0, 0.1) is 0 Å². The lowest BCUT2D eigenvalue weighted by Gasteiger charge is -2.01. The van der Waals surface area contributed by atoms with Crippen molar-refractivity contribution in [3.63, 3.8) is 0 Å². The molecule has 0 aliphatic carbocycles. The van der Waals surface area contributed by atoms with Crippen LogP contribution in [-0.2, 0) is 0 Å². The Bertz CT molecular complexity index is 1010. The molecule has 2 aromatic carbocycles. The van der Waals surface area contributed by atoms with E-state index in [2.05, 4.69) is 41.7 Å². The molecule has 134 valence electrons. The molecule has 1 amide bonds. The molecule has 3 aromatic rings. The zero-order valence-corrected chi connectivity index (χ0v) is 15.5. The highest BCUT2D eigenvalue weighted by atomic mass is 79.9. The molecule has 2 N–H and O–H groups in total. The maximum Gasteiger partial charge on any atom is 0.271 e. The van der Waals surface area contributed by atoms with E-state index in [0.29, 0.717) is 22.5 Å². The molecule has 0 radical (unpaired) electrons. The topological polar surface area (TPSA) is 99.3 Å². The molecular weight excluding hydrogens is 410 g/mol. The molecule has 0 bridgehead atoms. The molecule has 1 aromatic heterocycles. The summed E-state index contributed by atoms with van der Waals surface area (Å²) in [6.07, 6.45) is 4.38. The second-order valence-corrected chi connectivity index (χ2v) is 6.27. The van der Waals surface area contributed by atoms with E-state index in [4.69, 9.17) is 0 Å². The summed E-state index contributed by atoms with van der Waals surface area (Å²) < 4.78 is 0.905. The van der Waals surface area contributed by atoms with Gasteiger partial charge in [-0.05, 0) is 48.5 Å². The molecule has 0 aliphatic rings. The third kappa shape index (κ3) is 5.29. The predicted molar refractivity (Wildman–Crippen MR) is 106 cm³/mol. The highest BCUT2D eigenvalue weighted by Crippen LogP contribution is 2.25. The average molecular weight is 424 g/mol. The summed E-state index contributed by atoms with van der Waals surface area (Å²) in [6, 6.07) is 15.3. The Hall–Kier alpha value is -3.39. The van der Waals surface area contributed by atoms with E-state index in [-0.39, 0.29) is 11.7 Å². The van der Waals surface area contributed by atoms with Crippen LogP contribution in [0.3, 0.4) is 0 Å². The Morgan fingerprint density at radius 1 is 1.04 bits per heavy atom. The Morgan fingerprint density at radius 3 is 2.52 bits per heavy atom. The van der Waals surface area contributed by atoms with Crippen LogP contribution in [-0.4, -0.2) is 22.2 Å². The van der Waals surface area contributed by atoms with Crippen LogP contribution in [0.1, 0.15) is 15.9 Å². The van der Waals surface area contributed by atoms with E-state index in [1.54, 1.807) is 24.3 Å². The Kier molecular flexibility index (Phi) is 6.01. The molecule has 0 aliphatic heterocycles. The molecule has 7 nitrogen and oxygen atoms in total. The lowest BCUT2D eigenvalue weighted by Crippen LogP contribution is -2.17. The number of carbonyl (C=O) groups is 1. The van der Waals surface area contributed by atoms with Gasteiger partial charge >= 0.3 is 0 Å². The number of benzene rings is 2. The second-order valence-electron chi connectivity index (χ2n) is 5.36. The van der Waals surface area contributed by atoms with Gasteiger partial charge in [-0.3, -0.25) is 9.78 Å². The van der Waals surface area contributed by atoms with E-state index >= 15 is 0 Å². The number of rotatable bonds is 5. The van der Waals surface area contributed by atoms with Crippen LogP contribution in [0.15, 0.2) is 86.8 Å². The van der Waals surface area contributed by atoms with Crippen molar-refractivity contribution in [2.75, 3.05) is 0 Å². The number of nitrogens with zero attached hydrogens (tertiary/aromatic N) is 4. The van der Waals surface area contributed by atoms with Gasteiger partial charge in [0, 0.05) is 28.0 Å². The third-order valence-corrected chi connectivity index (χ3v) is 3.91. The Labute approximate surface area is 163 Å². The van der Waals surface area contributed by atoms with Crippen molar-refractivity contribution in [3.05, 3.63) is 82.6 Å². The van der Waals surface area contributed by atoms with Gasteiger partial charge in [0.25, 0.3) is 5.91 Å². The summed E-state index contributed by atoms with van der Waals surface area (Å²) in [5, 5.41) is 22.1. The number of azo groups is 1. The van der Waals surface area contributed by atoms with Gasteiger partial charge < -0.3 is 5.11 Å². The molecular formula is C19H14BrN5O2. The van der Waals surface area contributed by atoms with Gasteiger partial charge in [0.15, 0.2) is 0 Å². The number of carbonyl (C=O) groups excluding carboxylic acids is 1. The summed E-state index contributed by atoms with van der Waals surface area (Å²) in [5.41, 5.74) is 4.45. The van der Waals surface area contributed by atoms with Gasteiger partial charge in [0.1, 0.15) is 5.75 Å². The highest BCUT2D eigenvalue weighted by molar-refractivity contribution is 9.10. The third-order valence-electron chi connectivity index (χ3n) is 3.41. The molecule has 0 saturated carbocycles. The van der Waals surface area contributed by atoms with Crippen molar-refractivity contribution in [3.8, 4) is 5.75 Å². The number of hydrazone groups is 1. The SMILES string of the molecule is O=C(N/N=C\c1cc(N=Nc2cccc(Br)c2)ccc1O)c1ccncc1. The van der Waals surface area contributed by atoms with Crippen molar-refractivity contribution in [2.45, 2.75) is 0 Å². The van der Waals surface area contributed by atoms with E-state index in [1.165, 1.54) is 24.7 Å². The molecule has 0 atom stereocenters. The van der Waals surface area contributed by atoms with Crippen molar-refractivity contribution in [2.24, 2.45) is 15.3 Å². The molecule has 0 saturated heterocycles. The first-order valence-corrected chi connectivity index (χ1v) is 8.65. The van der Waals surface area contributed by atoms with E-state index in [1.807, 2.05) is 24.3 Å².